The van der Waals surface area contributed by atoms with Crippen LogP contribution in [0, 0.1) is 0 Å². The van der Waals surface area contributed by atoms with Crippen LogP contribution in [-0.4, -0.2) is 68.0 Å². The molecule has 2 heterocycles. The predicted molar refractivity (Wildman–Crippen MR) is 102 cm³/mol. The maximum atomic E-state index is 10.1. The van der Waals surface area contributed by atoms with Crippen molar-refractivity contribution in [2.75, 3.05) is 40.8 Å². The van der Waals surface area contributed by atoms with E-state index in [9.17, 15) is 5.11 Å². The van der Waals surface area contributed by atoms with Crippen LogP contribution in [0.3, 0.4) is 0 Å². The van der Waals surface area contributed by atoms with Crippen molar-refractivity contribution in [2.24, 2.45) is 0 Å². The quantitative estimate of drug-likeness (QED) is 0.818. The zero-order valence-corrected chi connectivity index (χ0v) is 16.1. The molecule has 0 saturated carbocycles. The number of nitrogens with zero attached hydrogens (tertiary/aromatic N) is 2. The van der Waals surface area contributed by atoms with Crippen molar-refractivity contribution in [3.05, 3.63) is 35.4 Å². The molecule has 1 aromatic carbocycles. The second-order valence-corrected chi connectivity index (χ2v) is 8.12. The molecular weight excluding hydrogens is 328 g/mol. The van der Waals surface area contributed by atoms with Crippen molar-refractivity contribution in [3.8, 4) is 11.5 Å². The highest BCUT2D eigenvalue weighted by Gasteiger charge is 2.52. The van der Waals surface area contributed by atoms with Crippen LogP contribution < -0.4 is 9.47 Å². The third kappa shape index (κ3) is 2.92. The van der Waals surface area contributed by atoms with Gasteiger partial charge >= 0.3 is 0 Å². The lowest BCUT2D eigenvalue weighted by molar-refractivity contribution is 0.0808. The maximum absolute atomic E-state index is 10.1. The molecule has 0 fully saturated rings. The van der Waals surface area contributed by atoms with Gasteiger partial charge in [-0.25, -0.2) is 0 Å². The summed E-state index contributed by atoms with van der Waals surface area (Å²) >= 11 is 0. The SMILES string of the molecule is COc1ccc2c3c1O[C@@H]1CC(O)C=CC31CCN(CCCN(C)C)C2. The summed E-state index contributed by atoms with van der Waals surface area (Å²) in [6.07, 6.45) is 6.59. The van der Waals surface area contributed by atoms with E-state index in [-0.39, 0.29) is 11.5 Å². The second kappa shape index (κ2) is 6.87. The number of ether oxygens (including phenoxy) is 2. The van der Waals surface area contributed by atoms with Gasteiger partial charge in [0.15, 0.2) is 11.5 Å². The number of aliphatic hydroxyl groups excluding tert-OH is 1. The lowest BCUT2D eigenvalue weighted by Gasteiger charge is -2.36. The van der Waals surface area contributed by atoms with Gasteiger partial charge in [-0.1, -0.05) is 18.2 Å². The van der Waals surface area contributed by atoms with E-state index >= 15 is 0 Å². The standard InChI is InChI=1S/C21H30N2O3/c1-22(2)10-4-11-23-12-9-21-8-7-16(24)13-18(21)26-20-17(25-3)6-5-15(14-23)19(20)21/h5-8,16,18,24H,4,9-14H2,1-3H3/t16?,18-,21?/m1/s1. The van der Waals surface area contributed by atoms with Gasteiger partial charge in [0.25, 0.3) is 0 Å². The van der Waals surface area contributed by atoms with Crippen LogP contribution in [0.2, 0.25) is 0 Å². The molecule has 1 aromatic rings. The summed E-state index contributed by atoms with van der Waals surface area (Å²) in [5.74, 6) is 1.70. The summed E-state index contributed by atoms with van der Waals surface area (Å²) in [5, 5.41) is 10.1. The number of benzene rings is 1. The third-order valence-electron chi connectivity index (χ3n) is 6.11. The van der Waals surface area contributed by atoms with E-state index in [0.717, 1.165) is 44.1 Å². The van der Waals surface area contributed by atoms with Gasteiger partial charge in [0.05, 0.1) is 18.6 Å². The fourth-order valence-electron chi connectivity index (χ4n) is 4.80. The van der Waals surface area contributed by atoms with E-state index in [1.54, 1.807) is 7.11 Å². The van der Waals surface area contributed by atoms with Gasteiger partial charge in [0.2, 0.25) is 0 Å². The molecule has 0 aromatic heterocycles. The molecule has 3 aliphatic rings. The Bertz CT molecular complexity index is 703. The minimum absolute atomic E-state index is 0.00530. The molecular formula is C21H30N2O3. The van der Waals surface area contributed by atoms with Gasteiger partial charge in [0.1, 0.15) is 6.10 Å². The minimum Gasteiger partial charge on any atom is -0.493 e. The second-order valence-electron chi connectivity index (χ2n) is 8.12. The van der Waals surface area contributed by atoms with E-state index in [1.165, 1.54) is 17.5 Å². The first-order valence-corrected chi connectivity index (χ1v) is 9.65. The Labute approximate surface area is 156 Å². The van der Waals surface area contributed by atoms with Crippen LogP contribution in [-0.2, 0) is 12.0 Å². The third-order valence-corrected chi connectivity index (χ3v) is 6.11. The lowest BCUT2D eigenvalue weighted by atomic mass is 9.69. The Hall–Kier alpha value is -1.56. The van der Waals surface area contributed by atoms with Crippen LogP contribution in [0.5, 0.6) is 11.5 Å². The molecule has 26 heavy (non-hydrogen) atoms. The van der Waals surface area contributed by atoms with Gasteiger partial charge in [-0.3, -0.25) is 4.90 Å². The predicted octanol–water partition coefficient (Wildman–Crippen LogP) is 2.17. The van der Waals surface area contributed by atoms with Crippen LogP contribution >= 0.6 is 0 Å². The average molecular weight is 358 g/mol. The molecule has 0 amide bonds. The molecule has 2 aliphatic heterocycles. The molecule has 0 saturated heterocycles. The van der Waals surface area contributed by atoms with E-state index < -0.39 is 6.10 Å². The number of rotatable bonds is 5. The molecule has 0 bridgehead atoms. The Balaban J connectivity index is 1.69. The lowest BCUT2D eigenvalue weighted by Crippen LogP contribution is -2.43. The molecule has 142 valence electrons. The summed E-state index contributed by atoms with van der Waals surface area (Å²) in [7, 11) is 5.96. The van der Waals surface area contributed by atoms with Gasteiger partial charge in [-0.2, -0.15) is 0 Å². The molecule has 1 spiro atoms. The van der Waals surface area contributed by atoms with Crippen molar-refractivity contribution in [3.63, 3.8) is 0 Å². The van der Waals surface area contributed by atoms with Gasteiger partial charge < -0.3 is 19.5 Å². The highest BCUT2D eigenvalue weighted by Crippen LogP contribution is 2.55. The number of aliphatic hydroxyl groups is 1. The Kier molecular flexibility index (Phi) is 4.71. The number of hydrogen-bond donors (Lipinski definition) is 1. The fraction of sp³-hybridized carbons (Fsp3) is 0.619. The number of methoxy groups -OCH3 is 1. The first kappa shape index (κ1) is 17.8. The highest BCUT2D eigenvalue weighted by molar-refractivity contribution is 5.60. The molecule has 1 N–H and O–H groups in total. The monoisotopic (exact) mass is 358 g/mol. The largest absolute Gasteiger partial charge is 0.493 e. The van der Waals surface area contributed by atoms with Crippen molar-refractivity contribution in [1.82, 2.24) is 9.80 Å². The maximum Gasteiger partial charge on any atom is 0.166 e. The fourth-order valence-corrected chi connectivity index (χ4v) is 4.80. The van der Waals surface area contributed by atoms with Crippen molar-refractivity contribution < 1.29 is 14.6 Å². The number of hydrogen-bond acceptors (Lipinski definition) is 5. The molecule has 4 rings (SSSR count). The normalized spacial score (nSPS) is 29.9. The smallest absolute Gasteiger partial charge is 0.166 e. The first-order chi connectivity index (χ1) is 12.5. The van der Waals surface area contributed by atoms with Crippen LogP contribution in [0.4, 0.5) is 0 Å². The summed E-state index contributed by atoms with van der Waals surface area (Å²) in [6, 6.07) is 4.23. The summed E-state index contributed by atoms with van der Waals surface area (Å²) < 4.78 is 11.9. The van der Waals surface area contributed by atoms with Crippen molar-refractivity contribution in [1.29, 1.82) is 0 Å². The zero-order valence-electron chi connectivity index (χ0n) is 16.1. The summed E-state index contributed by atoms with van der Waals surface area (Å²) in [6.45, 7) is 4.21. The van der Waals surface area contributed by atoms with E-state index in [2.05, 4.69) is 36.0 Å². The van der Waals surface area contributed by atoms with E-state index in [4.69, 9.17) is 9.47 Å². The molecule has 3 atom stereocenters. The topological polar surface area (TPSA) is 45.2 Å². The highest BCUT2D eigenvalue weighted by atomic mass is 16.5. The Morgan fingerprint density at radius 3 is 3.00 bits per heavy atom. The van der Waals surface area contributed by atoms with Crippen molar-refractivity contribution in [2.45, 2.75) is 43.4 Å². The van der Waals surface area contributed by atoms with Gasteiger partial charge in [-0.05, 0) is 58.2 Å². The average Bonchev–Trinajstić information content (AvgIpc) is 2.85. The van der Waals surface area contributed by atoms with E-state index in [1.807, 2.05) is 12.1 Å². The Morgan fingerprint density at radius 2 is 2.23 bits per heavy atom. The first-order valence-electron chi connectivity index (χ1n) is 9.65. The Morgan fingerprint density at radius 1 is 1.38 bits per heavy atom. The summed E-state index contributed by atoms with van der Waals surface area (Å²) in [5.41, 5.74) is 2.50. The minimum atomic E-state index is -0.422. The molecule has 1 aliphatic carbocycles. The van der Waals surface area contributed by atoms with Crippen LogP contribution in [0.15, 0.2) is 24.3 Å². The van der Waals surface area contributed by atoms with Gasteiger partial charge in [0, 0.05) is 18.5 Å². The molecule has 0 radical (unpaired) electrons. The van der Waals surface area contributed by atoms with E-state index in [0.29, 0.717) is 6.42 Å². The van der Waals surface area contributed by atoms with Crippen LogP contribution in [0.1, 0.15) is 30.4 Å². The van der Waals surface area contributed by atoms with Crippen LogP contribution in [0.25, 0.3) is 0 Å². The molecule has 5 heteroatoms. The van der Waals surface area contributed by atoms with Crippen molar-refractivity contribution >= 4 is 0 Å². The summed E-state index contributed by atoms with van der Waals surface area (Å²) in [4.78, 5) is 4.81. The zero-order chi connectivity index (χ0) is 18.3. The molecule has 5 nitrogen and oxygen atoms in total. The van der Waals surface area contributed by atoms with Gasteiger partial charge in [-0.15, -0.1) is 0 Å². The molecule has 2 unspecified atom stereocenters.